The Morgan fingerprint density at radius 1 is 1.50 bits per heavy atom. The molecular formula is C11H21N3OS. The molecule has 0 saturated carbocycles. The average Bonchev–Trinajstić information content (AvgIpc) is 2.57. The van der Waals surface area contributed by atoms with E-state index in [0.29, 0.717) is 6.04 Å². The molecule has 16 heavy (non-hydrogen) atoms. The molecular weight excluding hydrogens is 222 g/mol. The fourth-order valence-corrected chi connectivity index (χ4v) is 2.57. The first kappa shape index (κ1) is 13.6. The minimum Gasteiger partial charge on any atom is -0.385 e. The highest BCUT2D eigenvalue weighted by Crippen LogP contribution is 2.18. The van der Waals surface area contributed by atoms with E-state index in [4.69, 9.17) is 10.6 Å². The van der Waals surface area contributed by atoms with E-state index in [1.54, 1.807) is 18.4 Å². The molecule has 1 atom stereocenters. The van der Waals surface area contributed by atoms with Crippen molar-refractivity contribution in [1.29, 1.82) is 0 Å². The van der Waals surface area contributed by atoms with Crippen LogP contribution in [0.2, 0.25) is 0 Å². The summed E-state index contributed by atoms with van der Waals surface area (Å²) in [5, 5.41) is 1.16. The molecule has 0 radical (unpaired) electrons. The molecule has 0 aliphatic carbocycles. The van der Waals surface area contributed by atoms with Crippen LogP contribution in [0.25, 0.3) is 0 Å². The lowest BCUT2D eigenvalue weighted by Crippen LogP contribution is -2.36. The maximum absolute atomic E-state index is 5.53. The standard InChI is InChI=1S/C11H21N3OS/c1-8-9(2)16-11(13-8)7-10(14-12)5-4-6-15-3/h10,14H,4-7,12H2,1-3H3. The lowest BCUT2D eigenvalue weighted by Gasteiger charge is -2.13. The lowest BCUT2D eigenvalue weighted by atomic mass is 10.1. The third-order valence-corrected chi connectivity index (χ3v) is 3.73. The molecule has 0 fully saturated rings. The van der Waals surface area contributed by atoms with Crippen LogP contribution in [0.1, 0.15) is 28.4 Å². The summed E-state index contributed by atoms with van der Waals surface area (Å²) in [6.45, 7) is 4.94. The summed E-state index contributed by atoms with van der Waals surface area (Å²) >= 11 is 1.76. The van der Waals surface area contributed by atoms with Gasteiger partial charge < -0.3 is 4.74 Å². The van der Waals surface area contributed by atoms with Crippen LogP contribution in [-0.4, -0.2) is 24.7 Å². The van der Waals surface area contributed by atoms with Crippen molar-refractivity contribution in [3.8, 4) is 0 Å². The molecule has 4 nitrogen and oxygen atoms in total. The number of aromatic nitrogens is 1. The van der Waals surface area contributed by atoms with Crippen molar-refractivity contribution < 1.29 is 4.74 Å². The highest BCUT2D eigenvalue weighted by atomic mass is 32.1. The second-order valence-corrected chi connectivity index (χ2v) is 5.24. The van der Waals surface area contributed by atoms with E-state index in [1.165, 1.54) is 4.88 Å². The van der Waals surface area contributed by atoms with Crippen LogP contribution in [0, 0.1) is 13.8 Å². The highest BCUT2D eigenvalue weighted by molar-refractivity contribution is 7.11. The fourth-order valence-electron chi connectivity index (χ4n) is 1.56. The molecule has 1 aromatic rings. The maximum Gasteiger partial charge on any atom is 0.0946 e. The molecule has 92 valence electrons. The number of aryl methyl sites for hydroxylation is 2. The van der Waals surface area contributed by atoms with Crippen molar-refractivity contribution in [2.24, 2.45) is 5.84 Å². The number of thiazole rings is 1. The molecule has 3 N–H and O–H groups in total. The summed E-state index contributed by atoms with van der Waals surface area (Å²) < 4.78 is 5.03. The zero-order valence-electron chi connectivity index (χ0n) is 10.2. The molecule has 0 aliphatic heterocycles. The number of nitrogens with two attached hydrogens (primary N) is 1. The van der Waals surface area contributed by atoms with Gasteiger partial charge in [-0.3, -0.25) is 11.3 Å². The van der Waals surface area contributed by atoms with Crippen molar-refractivity contribution in [1.82, 2.24) is 10.4 Å². The maximum atomic E-state index is 5.53. The topological polar surface area (TPSA) is 60.2 Å². The van der Waals surface area contributed by atoms with Gasteiger partial charge in [0.1, 0.15) is 0 Å². The average molecular weight is 243 g/mol. The van der Waals surface area contributed by atoms with E-state index in [1.807, 2.05) is 6.92 Å². The van der Waals surface area contributed by atoms with Crippen molar-refractivity contribution >= 4 is 11.3 Å². The first-order valence-electron chi connectivity index (χ1n) is 5.55. The van der Waals surface area contributed by atoms with E-state index in [9.17, 15) is 0 Å². The van der Waals surface area contributed by atoms with Gasteiger partial charge >= 0.3 is 0 Å². The Bertz CT molecular complexity index is 295. The zero-order chi connectivity index (χ0) is 12.0. The van der Waals surface area contributed by atoms with Crippen molar-refractivity contribution in [3.63, 3.8) is 0 Å². The zero-order valence-corrected chi connectivity index (χ0v) is 11.1. The molecule has 0 bridgehead atoms. The van der Waals surface area contributed by atoms with Gasteiger partial charge in [0.15, 0.2) is 0 Å². The van der Waals surface area contributed by atoms with Gasteiger partial charge in [0.2, 0.25) is 0 Å². The summed E-state index contributed by atoms with van der Waals surface area (Å²) in [6, 6.07) is 0.292. The van der Waals surface area contributed by atoms with E-state index >= 15 is 0 Å². The Balaban J connectivity index is 2.43. The van der Waals surface area contributed by atoms with Gasteiger partial charge in [-0.1, -0.05) is 0 Å². The van der Waals surface area contributed by atoms with E-state index in [2.05, 4.69) is 17.3 Å². The summed E-state index contributed by atoms with van der Waals surface area (Å²) in [6.07, 6.45) is 2.94. The van der Waals surface area contributed by atoms with Crippen molar-refractivity contribution in [2.75, 3.05) is 13.7 Å². The number of nitrogens with zero attached hydrogens (tertiary/aromatic N) is 1. The summed E-state index contributed by atoms with van der Waals surface area (Å²) in [5.41, 5.74) is 3.98. The molecule has 1 rings (SSSR count). The number of hydrogen-bond acceptors (Lipinski definition) is 5. The smallest absolute Gasteiger partial charge is 0.0946 e. The van der Waals surface area contributed by atoms with Crippen LogP contribution in [0.4, 0.5) is 0 Å². The lowest BCUT2D eigenvalue weighted by molar-refractivity contribution is 0.188. The normalized spacial score (nSPS) is 13.0. The molecule has 1 aromatic heterocycles. The molecule has 1 unspecified atom stereocenters. The minimum absolute atomic E-state index is 0.292. The van der Waals surface area contributed by atoms with Gasteiger partial charge in [0.05, 0.1) is 10.7 Å². The van der Waals surface area contributed by atoms with Crippen LogP contribution in [0.5, 0.6) is 0 Å². The van der Waals surface area contributed by atoms with Crippen LogP contribution in [0.3, 0.4) is 0 Å². The van der Waals surface area contributed by atoms with Gasteiger partial charge in [0, 0.05) is 31.1 Å². The molecule has 0 saturated heterocycles. The van der Waals surface area contributed by atoms with Crippen LogP contribution < -0.4 is 11.3 Å². The van der Waals surface area contributed by atoms with Crippen molar-refractivity contribution in [2.45, 2.75) is 39.2 Å². The Hall–Kier alpha value is -0.490. The molecule has 0 aliphatic rings. The first-order valence-corrected chi connectivity index (χ1v) is 6.37. The Kier molecular flexibility index (Phi) is 5.90. The number of methoxy groups -OCH3 is 1. The SMILES string of the molecule is COCCCC(Cc1nc(C)c(C)s1)NN. The molecule has 0 spiro atoms. The summed E-state index contributed by atoms with van der Waals surface area (Å²) in [7, 11) is 1.72. The third-order valence-electron chi connectivity index (χ3n) is 2.63. The van der Waals surface area contributed by atoms with E-state index in [-0.39, 0.29) is 0 Å². The Labute approximate surface area is 101 Å². The Morgan fingerprint density at radius 2 is 2.25 bits per heavy atom. The van der Waals surface area contributed by atoms with Gasteiger partial charge in [-0.25, -0.2) is 4.98 Å². The number of ether oxygens (including phenoxy) is 1. The molecule has 0 aromatic carbocycles. The number of rotatable bonds is 7. The van der Waals surface area contributed by atoms with E-state index < -0.39 is 0 Å². The summed E-state index contributed by atoms with van der Waals surface area (Å²) in [4.78, 5) is 5.81. The highest BCUT2D eigenvalue weighted by Gasteiger charge is 2.11. The number of hydrazine groups is 1. The second kappa shape index (κ2) is 6.96. The third kappa shape index (κ3) is 4.17. The van der Waals surface area contributed by atoms with Crippen LogP contribution in [-0.2, 0) is 11.2 Å². The number of hydrogen-bond donors (Lipinski definition) is 2. The van der Waals surface area contributed by atoms with Gasteiger partial charge in [-0.05, 0) is 26.7 Å². The molecule has 5 heteroatoms. The summed E-state index contributed by atoms with van der Waals surface area (Å²) in [5.74, 6) is 5.53. The Morgan fingerprint density at radius 3 is 2.75 bits per heavy atom. The molecule has 0 amide bonds. The van der Waals surface area contributed by atoms with Crippen LogP contribution >= 0.6 is 11.3 Å². The largest absolute Gasteiger partial charge is 0.385 e. The van der Waals surface area contributed by atoms with Crippen LogP contribution in [0.15, 0.2) is 0 Å². The molecule has 1 heterocycles. The predicted molar refractivity (Wildman–Crippen MR) is 67.5 cm³/mol. The predicted octanol–water partition coefficient (Wildman–Crippen LogP) is 1.56. The first-order chi connectivity index (χ1) is 7.67. The van der Waals surface area contributed by atoms with Gasteiger partial charge in [-0.2, -0.15) is 0 Å². The quantitative estimate of drug-likeness (QED) is 0.433. The van der Waals surface area contributed by atoms with Gasteiger partial charge in [0.25, 0.3) is 0 Å². The monoisotopic (exact) mass is 243 g/mol. The van der Waals surface area contributed by atoms with Crippen molar-refractivity contribution in [3.05, 3.63) is 15.6 Å². The van der Waals surface area contributed by atoms with Gasteiger partial charge in [-0.15, -0.1) is 11.3 Å². The number of nitrogens with one attached hydrogen (secondary N) is 1. The fraction of sp³-hybridized carbons (Fsp3) is 0.727. The second-order valence-electron chi connectivity index (χ2n) is 3.95. The minimum atomic E-state index is 0.292. The van der Waals surface area contributed by atoms with E-state index in [0.717, 1.165) is 36.6 Å².